The van der Waals surface area contributed by atoms with Gasteiger partial charge in [0.1, 0.15) is 12.1 Å². The molecule has 19 heavy (non-hydrogen) atoms. The lowest BCUT2D eigenvalue weighted by molar-refractivity contribution is -0.161. The number of nitrogens with one attached hydrogen (secondary N) is 1. The molecular weight excluding hydrogens is 244 g/mol. The SMILES string of the molecule is CCC1(C(=O)N2CC(=O)NC(=O)C2(C)C)CCCC1. The van der Waals surface area contributed by atoms with Crippen LogP contribution in [0.4, 0.5) is 0 Å². The molecule has 0 radical (unpaired) electrons. The summed E-state index contributed by atoms with van der Waals surface area (Å²) in [6.45, 7) is 5.40. The lowest BCUT2D eigenvalue weighted by atomic mass is 9.80. The van der Waals surface area contributed by atoms with Crippen molar-refractivity contribution in [2.75, 3.05) is 6.54 Å². The third-order valence-electron chi connectivity index (χ3n) is 4.72. The zero-order chi connectivity index (χ0) is 14.3. The zero-order valence-electron chi connectivity index (χ0n) is 11.9. The van der Waals surface area contributed by atoms with Crippen LogP contribution < -0.4 is 5.32 Å². The number of hydrogen-bond acceptors (Lipinski definition) is 3. The molecule has 2 aliphatic rings. The second kappa shape index (κ2) is 4.62. The average Bonchev–Trinajstić information content (AvgIpc) is 2.83. The van der Waals surface area contributed by atoms with Crippen LogP contribution >= 0.6 is 0 Å². The average molecular weight is 266 g/mol. The van der Waals surface area contributed by atoms with Gasteiger partial charge in [0.2, 0.25) is 11.8 Å². The molecule has 5 heteroatoms. The van der Waals surface area contributed by atoms with Crippen LogP contribution in [0.1, 0.15) is 52.9 Å². The van der Waals surface area contributed by atoms with Gasteiger partial charge >= 0.3 is 0 Å². The molecule has 0 atom stereocenters. The third kappa shape index (κ3) is 2.15. The van der Waals surface area contributed by atoms with Gasteiger partial charge in [0, 0.05) is 5.41 Å². The molecule has 1 aliphatic heterocycles. The Hall–Kier alpha value is -1.39. The van der Waals surface area contributed by atoms with Crippen LogP contribution in [-0.4, -0.2) is 34.7 Å². The van der Waals surface area contributed by atoms with Gasteiger partial charge in [-0.25, -0.2) is 0 Å². The lowest BCUT2D eigenvalue weighted by Crippen LogP contribution is -2.67. The molecule has 1 heterocycles. The first-order valence-electron chi connectivity index (χ1n) is 7.00. The first-order chi connectivity index (χ1) is 8.83. The second-order valence-electron chi connectivity index (χ2n) is 6.17. The molecule has 0 aromatic carbocycles. The quantitative estimate of drug-likeness (QED) is 0.764. The van der Waals surface area contributed by atoms with Crippen molar-refractivity contribution in [2.45, 2.75) is 58.4 Å². The fraction of sp³-hybridized carbons (Fsp3) is 0.786. The van der Waals surface area contributed by atoms with Crippen LogP contribution in [0.3, 0.4) is 0 Å². The molecule has 1 aliphatic carbocycles. The summed E-state index contributed by atoms with van der Waals surface area (Å²) in [6.07, 6.45) is 4.60. The van der Waals surface area contributed by atoms with Crippen LogP contribution in [0.25, 0.3) is 0 Å². The molecule has 1 saturated heterocycles. The number of hydrogen-bond donors (Lipinski definition) is 1. The van der Waals surface area contributed by atoms with Crippen LogP contribution in [-0.2, 0) is 14.4 Å². The van der Waals surface area contributed by atoms with Gasteiger partial charge in [-0.3, -0.25) is 19.7 Å². The van der Waals surface area contributed by atoms with Gasteiger partial charge in [0.15, 0.2) is 0 Å². The van der Waals surface area contributed by atoms with E-state index in [2.05, 4.69) is 5.32 Å². The molecule has 0 unspecified atom stereocenters. The van der Waals surface area contributed by atoms with E-state index in [4.69, 9.17) is 0 Å². The Labute approximate surface area is 113 Å². The Balaban J connectivity index is 2.30. The van der Waals surface area contributed by atoms with E-state index >= 15 is 0 Å². The van der Waals surface area contributed by atoms with Crippen LogP contribution in [0.5, 0.6) is 0 Å². The van der Waals surface area contributed by atoms with Gasteiger partial charge in [-0.05, 0) is 33.1 Å². The maximum atomic E-state index is 12.9. The number of piperazine rings is 1. The number of amides is 3. The van der Waals surface area contributed by atoms with Gasteiger partial charge in [0.25, 0.3) is 5.91 Å². The van der Waals surface area contributed by atoms with Crippen LogP contribution in [0, 0.1) is 5.41 Å². The fourth-order valence-electron chi connectivity index (χ4n) is 3.17. The normalized spacial score (nSPS) is 25.3. The highest BCUT2D eigenvalue weighted by Crippen LogP contribution is 2.43. The van der Waals surface area contributed by atoms with E-state index in [0.29, 0.717) is 0 Å². The highest BCUT2D eigenvalue weighted by atomic mass is 16.2. The minimum atomic E-state index is -0.949. The highest BCUT2D eigenvalue weighted by molar-refractivity contribution is 6.06. The number of rotatable bonds is 2. The molecule has 5 nitrogen and oxygen atoms in total. The molecule has 106 valence electrons. The van der Waals surface area contributed by atoms with Gasteiger partial charge in [-0.15, -0.1) is 0 Å². The summed E-state index contributed by atoms with van der Waals surface area (Å²) in [6, 6.07) is 0. The van der Waals surface area contributed by atoms with Crippen molar-refractivity contribution in [3.05, 3.63) is 0 Å². The van der Waals surface area contributed by atoms with Crippen LogP contribution in [0.15, 0.2) is 0 Å². The summed E-state index contributed by atoms with van der Waals surface area (Å²) in [5.74, 6) is -0.802. The van der Waals surface area contributed by atoms with Crippen molar-refractivity contribution in [3.63, 3.8) is 0 Å². The molecular formula is C14H22N2O3. The minimum absolute atomic E-state index is 0.0146. The van der Waals surface area contributed by atoms with Gasteiger partial charge < -0.3 is 4.90 Å². The molecule has 0 aromatic rings. The number of nitrogens with zero attached hydrogens (tertiary/aromatic N) is 1. The van der Waals surface area contributed by atoms with Crippen molar-refractivity contribution < 1.29 is 14.4 Å². The molecule has 0 spiro atoms. The predicted molar refractivity (Wildman–Crippen MR) is 70.1 cm³/mol. The first-order valence-corrected chi connectivity index (χ1v) is 7.00. The molecule has 1 N–H and O–H groups in total. The van der Waals surface area contributed by atoms with E-state index < -0.39 is 5.54 Å². The minimum Gasteiger partial charge on any atom is -0.319 e. The highest BCUT2D eigenvalue weighted by Gasteiger charge is 2.50. The van der Waals surface area contributed by atoms with Crippen molar-refractivity contribution >= 4 is 17.7 Å². The van der Waals surface area contributed by atoms with Crippen molar-refractivity contribution in [1.82, 2.24) is 10.2 Å². The van der Waals surface area contributed by atoms with E-state index in [9.17, 15) is 14.4 Å². The molecule has 2 rings (SSSR count). The Bertz CT molecular complexity index is 422. The maximum absolute atomic E-state index is 12.9. The second-order valence-corrected chi connectivity index (χ2v) is 6.17. The van der Waals surface area contributed by atoms with Crippen molar-refractivity contribution in [3.8, 4) is 0 Å². The molecule has 3 amide bonds. The summed E-state index contributed by atoms with van der Waals surface area (Å²) >= 11 is 0. The third-order valence-corrected chi connectivity index (χ3v) is 4.72. The summed E-state index contributed by atoms with van der Waals surface area (Å²) < 4.78 is 0. The molecule has 0 bridgehead atoms. The van der Waals surface area contributed by atoms with Gasteiger partial charge in [-0.1, -0.05) is 19.8 Å². The van der Waals surface area contributed by atoms with E-state index in [-0.39, 0.29) is 29.7 Å². The Kier molecular flexibility index (Phi) is 3.41. The number of carbonyl (C=O) groups is 3. The Morgan fingerprint density at radius 1 is 1.26 bits per heavy atom. The van der Waals surface area contributed by atoms with E-state index in [1.165, 1.54) is 4.90 Å². The molecule has 0 aromatic heterocycles. The maximum Gasteiger partial charge on any atom is 0.252 e. The monoisotopic (exact) mass is 266 g/mol. The molecule has 1 saturated carbocycles. The number of imide groups is 1. The fourth-order valence-corrected chi connectivity index (χ4v) is 3.17. The van der Waals surface area contributed by atoms with Gasteiger partial charge in [0.05, 0.1) is 0 Å². The summed E-state index contributed by atoms with van der Waals surface area (Å²) in [5.41, 5.74) is -1.31. The Morgan fingerprint density at radius 2 is 1.84 bits per heavy atom. The summed E-state index contributed by atoms with van der Waals surface area (Å²) in [7, 11) is 0. The standard InChI is InChI=1S/C14H22N2O3/c1-4-14(7-5-6-8-14)12(19)16-9-10(17)15-11(18)13(16,2)3/h4-9H2,1-3H3,(H,15,17,18). The van der Waals surface area contributed by atoms with Gasteiger partial charge in [-0.2, -0.15) is 0 Å². The summed E-state index contributed by atoms with van der Waals surface area (Å²) in [4.78, 5) is 37.8. The predicted octanol–water partition coefficient (Wildman–Crippen LogP) is 1.22. The number of carbonyl (C=O) groups excluding carboxylic acids is 3. The first kappa shape index (κ1) is 14.0. The van der Waals surface area contributed by atoms with E-state index in [1.807, 2.05) is 6.92 Å². The topological polar surface area (TPSA) is 66.5 Å². The largest absolute Gasteiger partial charge is 0.319 e. The van der Waals surface area contributed by atoms with Crippen LogP contribution in [0.2, 0.25) is 0 Å². The summed E-state index contributed by atoms with van der Waals surface area (Å²) in [5, 5.41) is 2.30. The smallest absolute Gasteiger partial charge is 0.252 e. The Morgan fingerprint density at radius 3 is 2.37 bits per heavy atom. The van der Waals surface area contributed by atoms with E-state index in [1.54, 1.807) is 13.8 Å². The lowest BCUT2D eigenvalue weighted by Gasteiger charge is -2.44. The molecule has 2 fully saturated rings. The van der Waals surface area contributed by atoms with Crippen molar-refractivity contribution in [2.24, 2.45) is 5.41 Å². The van der Waals surface area contributed by atoms with E-state index in [0.717, 1.165) is 32.1 Å². The zero-order valence-corrected chi connectivity index (χ0v) is 11.9. The van der Waals surface area contributed by atoms with Crippen molar-refractivity contribution in [1.29, 1.82) is 0 Å².